The van der Waals surface area contributed by atoms with E-state index < -0.39 is 27.3 Å². The lowest BCUT2D eigenvalue weighted by Gasteiger charge is -2.34. The Bertz CT molecular complexity index is 953. The molecule has 2 atom stereocenters. The number of anilines is 1. The molecule has 2 aliphatic rings. The van der Waals surface area contributed by atoms with Gasteiger partial charge in [0.15, 0.2) is 0 Å². The smallest absolute Gasteiger partial charge is 0.377 e. The fraction of sp³-hybridized carbons (Fsp3) is 0.474. The highest BCUT2D eigenvalue weighted by Crippen LogP contribution is 2.54. The number of alkyl halides is 3. The minimum Gasteiger partial charge on any atom is -0.377 e. The van der Waals surface area contributed by atoms with E-state index in [-0.39, 0.29) is 16.2 Å². The van der Waals surface area contributed by atoms with Gasteiger partial charge in [-0.25, -0.2) is 9.97 Å². The molecule has 0 N–H and O–H groups in total. The maximum Gasteiger partial charge on any atom is 0.417 e. The van der Waals surface area contributed by atoms with E-state index in [0.29, 0.717) is 44.1 Å². The molecule has 10 heteroatoms. The minimum absolute atomic E-state index is 0.0106. The lowest BCUT2D eigenvalue weighted by Crippen LogP contribution is -2.44. The summed E-state index contributed by atoms with van der Waals surface area (Å²) in [6.45, 7) is 3.67. The topological polar surface area (TPSA) is 55.3 Å². The Morgan fingerprint density at radius 3 is 2.66 bits per heavy atom. The number of ether oxygens (including phenoxy) is 1. The van der Waals surface area contributed by atoms with Crippen molar-refractivity contribution in [3.05, 3.63) is 46.9 Å². The second-order valence-electron chi connectivity index (χ2n) is 7.25. The van der Waals surface area contributed by atoms with E-state index in [9.17, 15) is 17.4 Å². The highest BCUT2D eigenvalue weighted by molar-refractivity contribution is 7.86. The molecule has 1 saturated heterocycles. The number of benzene rings is 1. The summed E-state index contributed by atoms with van der Waals surface area (Å²) in [7, 11) is -1.93. The maximum atomic E-state index is 13.4. The number of morpholine rings is 1. The molecule has 1 saturated carbocycles. The molecular formula is C19H19ClF3N3O2S. The van der Waals surface area contributed by atoms with Gasteiger partial charge in [-0.15, -0.1) is 0 Å². The van der Waals surface area contributed by atoms with Crippen LogP contribution in [-0.4, -0.2) is 40.0 Å². The molecular weight excluding hydrogens is 427 g/mol. The molecule has 1 aromatic carbocycles. The van der Waals surface area contributed by atoms with Crippen LogP contribution in [0.25, 0.3) is 0 Å². The highest BCUT2D eigenvalue weighted by atomic mass is 35.5. The molecule has 2 aromatic rings. The normalized spacial score (nSPS) is 22.4. The summed E-state index contributed by atoms with van der Waals surface area (Å²) in [4.78, 5) is 10.3. The van der Waals surface area contributed by atoms with Crippen LogP contribution in [0.4, 0.5) is 19.0 Å². The van der Waals surface area contributed by atoms with Crippen LogP contribution >= 0.6 is 11.6 Å². The molecule has 0 amide bonds. The Balaban J connectivity index is 1.73. The average molecular weight is 446 g/mol. The third kappa shape index (κ3) is 3.87. The van der Waals surface area contributed by atoms with Gasteiger partial charge in [-0.3, -0.25) is 4.21 Å². The first-order valence-electron chi connectivity index (χ1n) is 9.20. The van der Waals surface area contributed by atoms with Crippen LogP contribution in [0.1, 0.15) is 31.0 Å². The Morgan fingerprint density at radius 2 is 2.00 bits per heavy atom. The summed E-state index contributed by atoms with van der Waals surface area (Å²) in [6.07, 6.45) is -3.64. The molecule has 0 radical (unpaired) electrons. The molecule has 2 fully saturated rings. The summed E-state index contributed by atoms with van der Waals surface area (Å²) >= 11 is 6.15. The standard InChI is InChI=1S/C19H19ClF3N3O2S/c1-12-11-28-9-8-26(12)16-10-15(24-17(20)25-16)18(6-7-18)29(27)14-5-3-2-4-13(14)19(21,22)23/h2-5,10,12H,6-9,11H2,1H3. The van der Waals surface area contributed by atoms with E-state index in [0.717, 1.165) is 6.07 Å². The van der Waals surface area contributed by atoms with Crippen molar-refractivity contribution in [3.63, 3.8) is 0 Å². The van der Waals surface area contributed by atoms with E-state index in [1.807, 2.05) is 11.8 Å². The van der Waals surface area contributed by atoms with Crippen molar-refractivity contribution < 1.29 is 22.1 Å². The molecule has 1 aliphatic carbocycles. The molecule has 2 unspecified atom stereocenters. The number of halogens is 4. The average Bonchev–Trinajstić information content (AvgIpc) is 3.49. The molecule has 2 heterocycles. The molecule has 0 spiro atoms. The van der Waals surface area contributed by atoms with Crippen molar-refractivity contribution in [1.82, 2.24) is 9.97 Å². The van der Waals surface area contributed by atoms with Gasteiger partial charge >= 0.3 is 6.18 Å². The van der Waals surface area contributed by atoms with Gasteiger partial charge in [-0.1, -0.05) is 12.1 Å². The summed E-state index contributed by atoms with van der Waals surface area (Å²) in [5.41, 5.74) is -0.465. The van der Waals surface area contributed by atoms with Crippen LogP contribution in [0.15, 0.2) is 35.2 Å². The number of hydrogen-bond donors (Lipinski definition) is 0. The van der Waals surface area contributed by atoms with Crippen LogP contribution in [0.2, 0.25) is 5.28 Å². The third-order valence-corrected chi connectivity index (χ3v) is 7.52. The second-order valence-corrected chi connectivity index (χ2v) is 9.35. The summed E-state index contributed by atoms with van der Waals surface area (Å²) < 4.78 is 58.1. The molecule has 29 heavy (non-hydrogen) atoms. The number of hydrogen-bond acceptors (Lipinski definition) is 5. The van der Waals surface area contributed by atoms with Crippen LogP contribution in [-0.2, 0) is 26.5 Å². The predicted molar refractivity (Wildman–Crippen MR) is 103 cm³/mol. The molecule has 1 aromatic heterocycles. The molecule has 1 aliphatic heterocycles. The Kier molecular flexibility index (Phi) is 5.33. The quantitative estimate of drug-likeness (QED) is 0.661. The van der Waals surface area contributed by atoms with Gasteiger partial charge in [0.25, 0.3) is 0 Å². The second kappa shape index (κ2) is 7.52. The third-order valence-electron chi connectivity index (χ3n) is 5.27. The van der Waals surface area contributed by atoms with Gasteiger partial charge in [0, 0.05) is 12.6 Å². The largest absolute Gasteiger partial charge is 0.417 e. The fourth-order valence-electron chi connectivity index (χ4n) is 3.58. The zero-order valence-corrected chi connectivity index (χ0v) is 17.2. The number of aromatic nitrogens is 2. The molecule has 4 rings (SSSR count). The van der Waals surface area contributed by atoms with Crippen molar-refractivity contribution in [2.75, 3.05) is 24.7 Å². The first-order valence-corrected chi connectivity index (χ1v) is 10.7. The van der Waals surface area contributed by atoms with Gasteiger partial charge in [-0.2, -0.15) is 13.2 Å². The van der Waals surface area contributed by atoms with Gasteiger partial charge in [-0.05, 0) is 43.5 Å². The van der Waals surface area contributed by atoms with E-state index in [2.05, 4.69) is 9.97 Å². The maximum absolute atomic E-state index is 13.4. The highest BCUT2D eigenvalue weighted by Gasteiger charge is 2.54. The van der Waals surface area contributed by atoms with Crippen molar-refractivity contribution in [1.29, 1.82) is 0 Å². The lowest BCUT2D eigenvalue weighted by atomic mass is 10.2. The predicted octanol–water partition coefficient (Wildman–Crippen LogP) is 4.17. The fourth-order valence-corrected chi connectivity index (χ4v) is 5.53. The summed E-state index contributed by atoms with van der Waals surface area (Å²) in [6, 6.07) is 6.75. The van der Waals surface area contributed by atoms with Gasteiger partial charge in [0.05, 0.1) is 51.0 Å². The molecule has 5 nitrogen and oxygen atoms in total. The van der Waals surface area contributed by atoms with E-state index >= 15 is 0 Å². The molecule has 0 bridgehead atoms. The van der Waals surface area contributed by atoms with Gasteiger partial charge in [0.2, 0.25) is 5.28 Å². The molecule has 156 valence electrons. The van der Waals surface area contributed by atoms with E-state index in [4.69, 9.17) is 16.3 Å². The number of nitrogens with zero attached hydrogens (tertiary/aromatic N) is 3. The zero-order valence-electron chi connectivity index (χ0n) is 15.6. The lowest BCUT2D eigenvalue weighted by molar-refractivity contribution is -0.139. The SMILES string of the molecule is CC1COCCN1c1cc(C2(S(=O)c3ccccc3C(F)(F)F)CC2)nc(Cl)n1. The van der Waals surface area contributed by atoms with Gasteiger partial charge < -0.3 is 9.64 Å². The van der Waals surface area contributed by atoms with Crippen molar-refractivity contribution in [3.8, 4) is 0 Å². The first-order chi connectivity index (χ1) is 13.7. The monoisotopic (exact) mass is 445 g/mol. The van der Waals surface area contributed by atoms with E-state index in [1.165, 1.54) is 18.2 Å². The Morgan fingerprint density at radius 1 is 1.28 bits per heavy atom. The van der Waals surface area contributed by atoms with E-state index in [1.54, 1.807) is 6.07 Å². The Hall–Kier alpha value is -1.71. The van der Waals surface area contributed by atoms with Crippen molar-refractivity contribution in [2.24, 2.45) is 0 Å². The van der Waals surface area contributed by atoms with Crippen LogP contribution in [0, 0.1) is 0 Å². The van der Waals surface area contributed by atoms with Gasteiger partial charge in [0.1, 0.15) is 5.82 Å². The van der Waals surface area contributed by atoms with Crippen molar-refractivity contribution in [2.45, 2.75) is 41.6 Å². The minimum atomic E-state index is -4.58. The summed E-state index contributed by atoms with van der Waals surface area (Å²) in [5.74, 6) is 0.572. The summed E-state index contributed by atoms with van der Waals surface area (Å²) in [5, 5.41) is -0.0106. The van der Waals surface area contributed by atoms with Crippen molar-refractivity contribution >= 4 is 28.2 Å². The van der Waals surface area contributed by atoms with Crippen LogP contribution in [0.5, 0.6) is 0 Å². The van der Waals surface area contributed by atoms with Crippen LogP contribution < -0.4 is 4.90 Å². The first kappa shape index (κ1) is 20.6. The zero-order chi connectivity index (χ0) is 20.8. The Labute approximate surface area is 173 Å². The number of rotatable bonds is 4. The van der Waals surface area contributed by atoms with Crippen LogP contribution in [0.3, 0.4) is 0 Å².